The second-order valence-electron chi connectivity index (χ2n) is 5.60. The Morgan fingerprint density at radius 1 is 1.00 bits per heavy atom. The van der Waals surface area contributed by atoms with Gasteiger partial charge in [0.15, 0.2) is 0 Å². The Morgan fingerprint density at radius 3 is 2.21 bits per heavy atom. The van der Waals surface area contributed by atoms with Gasteiger partial charge in [-0.2, -0.15) is 0 Å². The van der Waals surface area contributed by atoms with Crippen LogP contribution in [0.4, 0.5) is 0 Å². The smallest absolute Gasteiger partial charge is 0.0914 e. The Labute approximate surface area is 118 Å². The van der Waals surface area contributed by atoms with Gasteiger partial charge in [0, 0.05) is 6.54 Å². The maximum absolute atomic E-state index is 10.1. The average molecular weight is 263 g/mol. The lowest BCUT2D eigenvalue weighted by Crippen LogP contribution is -2.22. The van der Waals surface area contributed by atoms with Gasteiger partial charge < -0.3 is 10.4 Å². The Kier molecular flexibility index (Phi) is 7.76. The molecule has 2 nitrogen and oxygen atoms in total. The predicted molar refractivity (Wildman–Crippen MR) is 82.5 cm³/mol. The predicted octanol–water partition coefficient (Wildman–Crippen LogP) is 4.01. The topological polar surface area (TPSA) is 32.3 Å². The van der Waals surface area contributed by atoms with Gasteiger partial charge in [-0.15, -0.1) is 0 Å². The zero-order chi connectivity index (χ0) is 14.1. The lowest BCUT2D eigenvalue weighted by atomic mass is 10.00. The van der Waals surface area contributed by atoms with Crippen molar-refractivity contribution in [1.29, 1.82) is 0 Å². The SMILES string of the molecule is CCCCCCNCC(O)c1ccc(C(C)C)cc1. The summed E-state index contributed by atoms with van der Waals surface area (Å²) in [7, 11) is 0. The monoisotopic (exact) mass is 263 g/mol. The first kappa shape index (κ1) is 16.2. The first-order chi connectivity index (χ1) is 9.15. The quantitative estimate of drug-likeness (QED) is 0.660. The molecule has 1 unspecified atom stereocenters. The Bertz CT molecular complexity index is 332. The van der Waals surface area contributed by atoms with E-state index >= 15 is 0 Å². The van der Waals surface area contributed by atoms with Gasteiger partial charge in [0.25, 0.3) is 0 Å². The third kappa shape index (κ3) is 6.22. The van der Waals surface area contributed by atoms with Crippen LogP contribution in [0.3, 0.4) is 0 Å². The van der Waals surface area contributed by atoms with Crippen molar-refractivity contribution in [3.63, 3.8) is 0 Å². The molecule has 0 aliphatic carbocycles. The van der Waals surface area contributed by atoms with Gasteiger partial charge >= 0.3 is 0 Å². The first-order valence-corrected chi connectivity index (χ1v) is 7.63. The normalized spacial score (nSPS) is 12.9. The number of hydrogen-bond donors (Lipinski definition) is 2. The molecule has 0 saturated carbocycles. The molecule has 108 valence electrons. The molecule has 0 bridgehead atoms. The summed E-state index contributed by atoms with van der Waals surface area (Å²) in [6.45, 7) is 8.23. The van der Waals surface area contributed by atoms with E-state index < -0.39 is 6.10 Å². The van der Waals surface area contributed by atoms with E-state index in [1.165, 1.54) is 31.2 Å². The molecule has 1 aromatic carbocycles. The maximum atomic E-state index is 10.1. The number of nitrogens with one attached hydrogen (secondary N) is 1. The second kappa shape index (κ2) is 9.11. The van der Waals surface area contributed by atoms with E-state index in [4.69, 9.17) is 0 Å². The molecule has 0 amide bonds. The van der Waals surface area contributed by atoms with Crippen molar-refractivity contribution < 1.29 is 5.11 Å². The zero-order valence-corrected chi connectivity index (χ0v) is 12.7. The molecule has 1 rings (SSSR count). The minimum absolute atomic E-state index is 0.396. The molecule has 0 aliphatic rings. The van der Waals surface area contributed by atoms with E-state index in [0.29, 0.717) is 12.5 Å². The van der Waals surface area contributed by atoms with Crippen molar-refractivity contribution >= 4 is 0 Å². The van der Waals surface area contributed by atoms with Gasteiger partial charge in [-0.3, -0.25) is 0 Å². The molecule has 1 atom stereocenters. The summed E-state index contributed by atoms with van der Waals surface area (Å²) >= 11 is 0. The van der Waals surface area contributed by atoms with Crippen LogP contribution in [0.25, 0.3) is 0 Å². The van der Waals surface area contributed by atoms with Crippen molar-refractivity contribution in [3.05, 3.63) is 35.4 Å². The van der Waals surface area contributed by atoms with E-state index in [2.05, 4.69) is 38.2 Å². The van der Waals surface area contributed by atoms with E-state index in [-0.39, 0.29) is 0 Å². The summed E-state index contributed by atoms with van der Waals surface area (Å²) in [5.41, 5.74) is 2.33. The summed E-state index contributed by atoms with van der Waals surface area (Å²) in [5.74, 6) is 0.544. The minimum Gasteiger partial charge on any atom is -0.387 e. The summed E-state index contributed by atoms with van der Waals surface area (Å²) < 4.78 is 0. The third-order valence-electron chi connectivity index (χ3n) is 3.53. The van der Waals surface area contributed by atoms with Crippen molar-refractivity contribution in [3.8, 4) is 0 Å². The van der Waals surface area contributed by atoms with E-state index in [0.717, 1.165) is 12.1 Å². The highest BCUT2D eigenvalue weighted by Gasteiger charge is 2.07. The van der Waals surface area contributed by atoms with E-state index in [1.54, 1.807) is 0 Å². The Morgan fingerprint density at radius 2 is 1.63 bits per heavy atom. The second-order valence-corrected chi connectivity index (χ2v) is 5.60. The fraction of sp³-hybridized carbons (Fsp3) is 0.647. The Balaban J connectivity index is 2.27. The molecule has 1 aromatic rings. The van der Waals surface area contributed by atoms with Gasteiger partial charge in [0.05, 0.1) is 6.10 Å². The van der Waals surface area contributed by atoms with Gasteiger partial charge in [0.2, 0.25) is 0 Å². The molecular formula is C17H29NO. The van der Waals surface area contributed by atoms with E-state index in [9.17, 15) is 5.11 Å². The van der Waals surface area contributed by atoms with Crippen LogP contribution in [0.2, 0.25) is 0 Å². The highest BCUT2D eigenvalue weighted by Crippen LogP contribution is 2.18. The number of unbranched alkanes of at least 4 members (excludes halogenated alkanes) is 3. The molecule has 0 heterocycles. The molecule has 2 heteroatoms. The van der Waals surface area contributed by atoms with Crippen LogP contribution in [0.5, 0.6) is 0 Å². The molecule has 0 radical (unpaired) electrons. The number of aliphatic hydroxyl groups excluding tert-OH is 1. The fourth-order valence-electron chi connectivity index (χ4n) is 2.14. The zero-order valence-electron chi connectivity index (χ0n) is 12.7. The van der Waals surface area contributed by atoms with Crippen LogP contribution in [-0.2, 0) is 0 Å². The lowest BCUT2D eigenvalue weighted by Gasteiger charge is -2.13. The van der Waals surface area contributed by atoms with E-state index in [1.807, 2.05) is 12.1 Å². The molecule has 0 saturated heterocycles. The van der Waals surface area contributed by atoms with Crippen LogP contribution in [0.15, 0.2) is 24.3 Å². The fourth-order valence-corrected chi connectivity index (χ4v) is 2.14. The third-order valence-corrected chi connectivity index (χ3v) is 3.53. The molecule has 2 N–H and O–H groups in total. The molecule has 0 aliphatic heterocycles. The number of hydrogen-bond acceptors (Lipinski definition) is 2. The van der Waals surface area contributed by atoms with Gasteiger partial charge in [-0.05, 0) is 30.0 Å². The molecule has 19 heavy (non-hydrogen) atoms. The molecule has 0 aromatic heterocycles. The van der Waals surface area contributed by atoms with Crippen molar-refractivity contribution in [2.24, 2.45) is 0 Å². The lowest BCUT2D eigenvalue weighted by molar-refractivity contribution is 0.174. The summed E-state index contributed by atoms with van der Waals surface area (Å²) in [4.78, 5) is 0. The molecule has 0 spiro atoms. The van der Waals surface area contributed by atoms with Crippen molar-refractivity contribution in [2.75, 3.05) is 13.1 Å². The molecule has 0 fully saturated rings. The van der Waals surface area contributed by atoms with Crippen molar-refractivity contribution in [2.45, 2.75) is 58.5 Å². The van der Waals surface area contributed by atoms with Gasteiger partial charge in [-0.1, -0.05) is 64.3 Å². The highest BCUT2D eigenvalue weighted by atomic mass is 16.3. The largest absolute Gasteiger partial charge is 0.387 e. The van der Waals surface area contributed by atoms with Crippen molar-refractivity contribution in [1.82, 2.24) is 5.32 Å². The standard InChI is InChI=1S/C17H29NO/c1-4-5-6-7-12-18-13-17(19)16-10-8-15(9-11-16)14(2)3/h8-11,14,17-19H,4-7,12-13H2,1-3H3. The van der Waals surface area contributed by atoms with Crippen LogP contribution in [0.1, 0.15) is 69.6 Å². The number of aliphatic hydroxyl groups is 1. The number of benzene rings is 1. The Hall–Kier alpha value is -0.860. The van der Waals surface area contributed by atoms with Crippen LogP contribution >= 0.6 is 0 Å². The number of rotatable bonds is 9. The average Bonchev–Trinajstić information content (AvgIpc) is 2.42. The minimum atomic E-state index is -0.396. The van der Waals surface area contributed by atoms with Gasteiger partial charge in [-0.25, -0.2) is 0 Å². The van der Waals surface area contributed by atoms with Crippen LogP contribution in [-0.4, -0.2) is 18.2 Å². The summed E-state index contributed by atoms with van der Waals surface area (Å²) in [6.07, 6.45) is 4.66. The van der Waals surface area contributed by atoms with Crippen LogP contribution in [0, 0.1) is 0 Å². The summed E-state index contributed by atoms with van der Waals surface area (Å²) in [5, 5.41) is 13.4. The van der Waals surface area contributed by atoms with Crippen LogP contribution < -0.4 is 5.32 Å². The first-order valence-electron chi connectivity index (χ1n) is 7.63. The highest BCUT2D eigenvalue weighted by molar-refractivity contribution is 5.26. The maximum Gasteiger partial charge on any atom is 0.0914 e. The van der Waals surface area contributed by atoms with Gasteiger partial charge in [0.1, 0.15) is 0 Å². The summed E-state index contributed by atoms with van der Waals surface area (Å²) in [6, 6.07) is 8.31. The molecular weight excluding hydrogens is 234 g/mol.